The van der Waals surface area contributed by atoms with E-state index in [0.29, 0.717) is 25.7 Å². The van der Waals surface area contributed by atoms with E-state index in [0.717, 1.165) is 108 Å². The van der Waals surface area contributed by atoms with Crippen LogP contribution >= 0.6 is 15.6 Å². The number of esters is 4. The standard InChI is InChI=1S/C92H180O17P2/c1-7-10-12-14-16-18-20-22-24-26-28-30-32-34-36-40-44-48-52-56-64-70-76-91(96)108-87(80-102-89(94)74-68-62-55-51-47-43-39-35-33-31-29-27-25-23-21-19-17-15-13-11-8-2)82-106-110(98,99)104-78-86(93)79-105-111(100,101)107-83-88(81-103-90(95)75-69-63-59-58-61-67-73-85(6)9-3)109-92(97)77-71-65-57-53-49-45-41-37-38-42-46-50-54-60-66-72-84(4)5/h84-88,93H,7-83H2,1-6H3,(H,98,99)(H,100,101)/t85?,86-,87-,88-/m1/s1. The summed E-state index contributed by atoms with van der Waals surface area (Å²) in [6, 6.07) is 0. The normalized spacial score (nSPS) is 14.0. The number of hydrogen-bond acceptors (Lipinski definition) is 15. The predicted molar refractivity (Wildman–Crippen MR) is 460 cm³/mol. The summed E-state index contributed by atoms with van der Waals surface area (Å²) in [5.41, 5.74) is 0. The molecule has 0 radical (unpaired) electrons. The molecule has 0 aromatic heterocycles. The average Bonchev–Trinajstić information content (AvgIpc) is 0.895. The number of unbranched alkanes of at least 4 members (excludes halogenated alkanes) is 60. The van der Waals surface area contributed by atoms with Crippen molar-refractivity contribution in [3.05, 3.63) is 0 Å². The molecule has 111 heavy (non-hydrogen) atoms. The smallest absolute Gasteiger partial charge is 0.462 e. The van der Waals surface area contributed by atoms with Crippen LogP contribution in [0, 0.1) is 11.8 Å². The fourth-order valence-electron chi connectivity index (χ4n) is 14.4. The Kier molecular flexibility index (Phi) is 81.7. The van der Waals surface area contributed by atoms with Gasteiger partial charge in [0.15, 0.2) is 12.2 Å². The maximum Gasteiger partial charge on any atom is 0.472 e. The Bertz CT molecular complexity index is 2120. The van der Waals surface area contributed by atoms with Gasteiger partial charge < -0.3 is 33.8 Å². The zero-order chi connectivity index (χ0) is 81.3. The van der Waals surface area contributed by atoms with Crippen molar-refractivity contribution in [2.24, 2.45) is 11.8 Å². The summed E-state index contributed by atoms with van der Waals surface area (Å²) < 4.78 is 69.1. The van der Waals surface area contributed by atoms with Gasteiger partial charge in [-0.3, -0.25) is 37.3 Å². The molecular formula is C92H180O17P2. The highest BCUT2D eigenvalue weighted by Gasteiger charge is 2.31. The van der Waals surface area contributed by atoms with Crippen LogP contribution in [0.25, 0.3) is 0 Å². The van der Waals surface area contributed by atoms with Gasteiger partial charge in [-0.05, 0) is 37.5 Å². The Morgan fingerprint density at radius 1 is 0.261 bits per heavy atom. The third-order valence-corrected chi connectivity index (χ3v) is 24.0. The molecule has 0 bridgehead atoms. The summed E-state index contributed by atoms with van der Waals surface area (Å²) in [5.74, 6) is -0.565. The minimum Gasteiger partial charge on any atom is -0.462 e. The Hall–Kier alpha value is -1.94. The lowest BCUT2D eigenvalue weighted by molar-refractivity contribution is -0.161. The van der Waals surface area contributed by atoms with Crippen molar-refractivity contribution in [2.45, 2.75) is 516 Å². The first-order valence-corrected chi connectivity index (χ1v) is 50.5. The van der Waals surface area contributed by atoms with E-state index < -0.39 is 97.5 Å². The molecule has 19 heteroatoms. The van der Waals surface area contributed by atoms with E-state index in [-0.39, 0.29) is 25.7 Å². The van der Waals surface area contributed by atoms with Crippen LogP contribution in [0.4, 0.5) is 0 Å². The van der Waals surface area contributed by atoms with Crippen LogP contribution in [0.1, 0.15) is 497 Å². The summed E-state index contributed by atoms with van der Waals surface area (Å²) in [4.78, 5) is 73.4. The fraction of sp³-hybridized carbons (Fsp3) is 0.957. The van der Waals surface area contributed by atoms with Gasteiger partial charge in [0.25, 0.3) is 0 Å². The Morgan fingerprint density at radius 3 is 0.685 bits per heavy atom. The van der Waals surface area contributed by atoms with Gasteiger partial charge in [0.2, 0.25) is 0 Å². The van der Waals surface area contributed by atoms with E-state index in [1.807, 2.05) is 0 Å². The van der Waals surface area contributed by atoms with E-state index in [9.17, 15) is 43.2 Å². The highest BCUT2D eigenvalue weighted by Crippen LogP contribution is 2.45. The number of rotatable bonds is 91. The monoisotopic (exact) mass is 1620 g/mol. The number of ether oxygens (including phenoxy) is 4. The van der Waals surface area contributed by atoms with Crippen LogP contribution in [0.2, 0.25) is 0 Å². The van der Waals surface area contributed by atoms with Crippen LogP contribution in [0.5, 0.6) is 0 Å². The van der Waals surface area contributed by atoms with E-state index in [1.54, 1.807) is 0 Å². The van der Waals surface area contributed by atoms with E-state index in [2.05, 4.69) is 41.5 Å². The molecule has 17 nitrogen and oxygen atoms in total. The lowest BCUT2D eigenvalue weighted by Crippen LogP contribution is -2.30. The van der Waals surface area contributed by atoms with Crippen LogP contribution < -0.4 is 0 Å². The average molecular weight is 1620 g/mol. The van der Waals surface area contributed by atoms with Gasteiger partial charge >= 0.3 is 39.5 Å². The molecule has 0 aromatic carbocycles. The highest BCUT2D eigenvalue weighted by molar-refractivity contribution is 7.47. The number of carbonyl (C=O) groups is 4. The van der Waals surface area contributed by atoms with E-state index in [1.165, 1.54) is 308 Å². The number of hydrogen-bond donors (Lipinski definition) is 3. The maximum absolute atomic E-state index is 13.2. The zero-order valence-electron chi connectivity index (χ0n) is 73.3. The molecule has 0 aliphatic heterocycles. The quantitative estimate of drug-likeness (QED) is 0.0222. The molecule has 0 saturated heterocycles. The Morgan fingerprint density at radius 2 is 0.459 bits per heavy atom. The first kappa shape index (κ1) is 109. The number of phosphoric ester groups is 2. The van der Waals surface area contributed by atoms with Gasteiger partial charge in [-0.15, -0.1) is 0 Å². The molecule has 0 spiro atoms. The third kappa shape index (κ3) is 84.3. The molecule has 0 amide bonds. The summed E-state index contributed by atoms with van der Waals surface area (Å²) in [7, 11) is -9.94. The number of aliphatic hydroxyl groups is 1. The lowest BCUT2D eigenvalue weighted by atomic mass is 10.00. The Labute approximate surface area is 683 Å². The maximum atomic E-state index is 13.2. The fourth-order valence-corrected chi connectivity index (χ4v) is 16.0. The number of aliphatic hydroxyl groups excluding tert-OH is 1. The molecule has 0 fully saturated rings. The second-order valence-corrected chi connectivity index (χ2v) is 36.7. The van der Waals surface area contributed by atoms with Crippen molar-refractivity contribution < 1.29 is 80.2 Å². The summed E-state index contributed by atoms with van der Waals surface area (Å²) in [5, 5.41) is 10.7. The first-order chi connectivity index (χ1) is 53.9. The summed E-state index contributed by atoms with van der Waals surface area (Å²) >= 11 is 0. The molecule has 0 aliphatic rings. The molecule has 0 saturated carbocycles. The largest absolute Gasteiger partial charge is 0.472 e. The van der Waals surface area contributed by atoms with Crippen molar-refractivity contribution in [3.8, 4) is 0 Å². The molecule has 0 aliphatic carbocycles. The van der Waals surface area contributed by atoms with Crippen LogP contribution in [-0.2, 0) is 65.4 Å². The molecule has 0 aromatic rings. The van der Waals surface area contributed by atoms with Crippen molar-refractivity contribution in [1.82, 2.24) is 0 Å². The van der Waals surface area contributed by atoms with Gasteiger partial charge in [0.05, 0.1) is 26.4 Å². The van der Waals surface area contributed by atoms with Gasteiger partial charge in [0, 0.05) is 25.7 Å². The third-order valence-electron chi connectivity index (χ3n) is 22.1. The topological polar surface area (TPSA) is 237 Å². The summed E-state index contributed by atoms with van der Waals surface area (Å²) in [6.45, 7) is 9.69. The lowest BCUT2D eigenvalue weighted by Gasteiger charge is -2.21. The van der Waals surface area contributed by atoms with Gasteiger partial charge in [0.1, 0.15) is 19.3 Å². The zero-order valence-corrected chi connectivity index (χ0v) is 75.1. The molecular weight excluding hydrogens is 1440 g/mol. The van der Waals surface area contributed by atoms with Gasteiger partial charge in [-0.1, -0.05) is 446 Å². The van der Waals surface area contributed by atoms with Crippen LogP contribution in [0.3, 0.4) is 0 Å². The Balaban J connectivity index is 5.21. The van der Waals surface area contributed by atoms with Crippen molar-refractivity contribution >= 4 is 39.5 Å². The van der Waals surface area contributed by atoms with Crippen molar-refractivity contribution in [2.75, 3.05) is 39.6 Å². The van der Waals surface area contributed by atoms with Crippen molar-refractivity contribution in [1.29, 1.82) is 0 Å². The van der Waals surface area contributed by atoms with Crippen LogP contribution in [0.15, 0.2) is 0 Å². The molecule has 660 valence electrons. The molecule has 0 heterocycles. The van der Waals surface area contributed by atoms with Crippen molar-refractivity contribution in [3.63, 3.8) is 0 Å². The van der Waals surface area contributed by atoms with Gasteiger partial charge in [-0.25, -0.2) is 9.13 Å². The SMILES string of the molecule is CCCCCCCCCCCCCCCCCCCCCCCCC(=O)O[C@H](COC(=O)CCCCCCCCCCCCCCCCCCCCCCC)COP(=O)(O)OC[C@@H](O)COP(=O)(O)OC[C@@H](COC(=O)CCCCCCCCC(C)CC)OC(=O)CCCCCCCCCCCCCCCCCC(C)C. The predicted octanol–water partition coefficient (Wildman–Crippen LogP) is 28.6. The van der Waals surface area contributed by atoms with Crippen LogP contribution in [-0.4, -0.2) is 96.7 Å². The minimum atomic E-state index is -4.97. The molecule has 0 rings (SSSR count). The van der Waals surface area contributed by atoms with E-state index in [4.69, 9.17) is 37.0 Å². The minimum absolute atomic E-state index is 0.107. The van der Waals surface area contributed by atoms with Gasteiger partial charge in [-0.2, -0.15) is 0 Å². The molecule has 6 atom stereocenters. The number of carbonyl (C=O) groups excluding carboxylic acids is 4. The highest BCUT2D eigenvalue weighted by atomic mass is 31.2. The first-order valence-electron chi connectivity index (χ1n) is 47.5. The summed E-state index contributed by atoms with van der Waals surface area (Å²) in [6.07, 6.45) is 78.1. The second kappa shape index (κ2) is 83.1. The van der Waals surface area contributed by atoms with E-state index >= 15 is 0 Å². The molecule has 3 unspecified atom stereocenters. The molecule has 3 N–H and O–H groups in total. The second-order valence-electron chi connectivity index (χ2n) is 33.8. The number of phosphoric acid groups is 2.